The van der Waals surface area contributed by atoms with Gasteiger partial charge in [-0.05, 0) is 49.7 Å². The normalized spacial score (nSPS) is 17.3. The van der Waals surface area contributed by atoms with Gasteiger partial charge in [-0.25, -0.2) is 9.97 Å². The number of halogens is 1. The largest absolute Gasteiger partial charge is 0.351 e. The predicted molar refractivity (Wildman–Crippen MR) is 105 cm³/mol. The molecule has 1 N–H and O–H groups in total. The molecular formula is C20H18ClN5O. The van der Waals surface area contributed by atoms with Crippen molar-refractivity contribution in [1.82, 2.24) is 24.4 Å². The number of nitrogens with zero attached hydrogens (tertiary/aromatic N) is 4. The molecule has 4 heterocycles. The molecule has 7 heteroatoms. The van der Waals surface area contributed by atoms with E-state index in [9.17, 15) is 4.79 Å². The summed E-state index contributed by atoms with van der Waals surface area (Å²) < 4.78 is 2.16. The number of aromatic nitrogens is 4. The van der Waals surface area contributed by atoms with Crippen LogP contribution in [0.25, 0.3) is 22.1 Å². The summed E-state index contributed by atoms with van der Waals surface area (Å²) in [7, 11) is 0. The first kappa shape index (κ1) is 16.3. The van der Waals surface area contributed by atoms with Crippen LogP contribution in [0.1, 0.15) is 28.8 Å². The monoisotopic (exact) mass is 379 g/mol. The van der Waals surface area contributed by atoms with Crippen LogP contribution in [0.3, 0.4) is 0 Å². The summed E-state index contributed by atoms with van der Waals surface area (Å²) >= 11 is 6.05. The molecule has 3 aromatic heterocycles. The fourth-order valence-electron chi connectivity index (χ4n) is 4.01. The SMILES string of the molecule is Cc1nc2cccnc2n1C1CCN(C(=O)c2cc3cc(Cl)ccc3[nH]2)C1. The van der Waals surface area contributed by atoms with E-state index in [2.05, 4.69) is 19.5 Å². The van der Waals surface area contributed by atoms with Crippen LogP contribution < -0.4 is 0 Å². The molecule has 1 aliphatic rings. The third-order valence-corrected chi connectivity index (χ3v) is 5.49. The number of amides is 1. The Bertz CT molecular complexity index is 1180. The van der Waals surface area contributed by atoms with Crippen LogP contribution >= 0.6 is 11.6 Å². The number of aryl methyl sites for hydroxylation is 1. The Balaban J connectivity index is 1.42. The maximum absolute atomic E-state index is 13.0. The Labute approximate surface area is 160 Å². The lowest BCUT2D eigenvalue weighted by molar-refractivity contribution is 0.0783. The van der Waals surface area contributed by atoms with Crippen molar-refractivity contribution >= 4 is 39.6 Å². The van der Waals surface area contributed by atoms with Crippen molar-refractivity contribution in [3.63, 3.8) is 0 Å². The van der Waals surface area contributed by atoms with Crippen molar-refractivity contribution in [1.29, 1.82) is 0 Å². The number of H-pyrrole nitrogens is 1. The molecule has 6 nitrogen and oxygen atoms in total. The fourth-order valence-corrected chi connectivity index (χ4v) is 4.19. The second-order valence-corrected chi connectivity index (χ2v) is 7.42. The highest BCUT2D eigenvalue weighted by molar-refractivity contribution is 6.31. The van der Waals surface area contributed by atoms with E-state index in [1.165, 1.54) is 0 Å². The topological polar surface area (TPSA) is 66.8 Å². The van der Waals surface area contributed by atoms with Crippen molar-refractivity contribution in [3.8, 4) is 0 Å². The minimum atomic E-state index is 0.0138. The molecule has 1 saturated heterocycles. The number of rotatable bonds is 2. The van der Waals surface area contributed by atoms with Gasteiger partial charge >= 0.3 is 0 Å². The van der Waals surface area contributed by atoms with Crippen molar-refractivity contribution in [2.75, 3.05) is 13.1 Å². The van der Waals surface area contributed by atoms with E-state index in [1.54, 1.807) is 6.20 Å². The number of hydrogen-bond donors (Lipinski definition) is 1. The summed E-state index contributed by atoms with van der Waals surface area (Å²) in [6.45, 7) is 3.36. The number of benzene rings is 1. The number of aromatic amines is 1. The third kappa shape index (κ3) is 2.68. The molecule has 0 saturated carbocycles. The van der Waals surface area contributed by atoms with E-state index in [1.807, 2.05) is 48.2 Å². The number of nitrogens with one attached hydrogen (secondary N) is 1. The van der Waals surface area contributed by atoms with Gasteiger partial charge in [0.25, 0.3) is 5.91 Å². The Kier molecular flexibility index (Phi) is 3.68. The van der Waals surface area contributed by atoms with Gasteiger partial charge in [0.1, 0.15) is 17.0 Å². The molecule has 5 rings (SSSR count). The standard InChI is InChI=1S/C20H18ClN5O/c1-12-23-17-3-2-7-22-19(17)26(12)15-6-8-25(11-15)20(27)18-10-13-9-14(21)4-5-16(13)24-18/h2-5,7,9-10,15,24H,6,8,11H2,1H3. The Morgan fingerprint density at radius 1 is 1.30 bits per heavy atom. The quantitative estimate of drug-likeness (QED) is 0.573. The van der Waals surface area contributed by atoms with Crippen LogP contribution in [0.15, 0.2) is 42.6 Å². The Hall–Kier alpha value is -2.86. The van der Waals surface area contributed by atoms with Crippen molar-refractivity contribution in [2.24, 2.45) is 0 Å². The molecule has 1 amide bonds. The first-order valence-corrected chi connectivity index (χ1v) is 9.35. The van der Waals surface area contributed by atoms with Crippen molar-refractivity contribution in [2.45, 2.75) is 19.4 Å². The zero-order valence-electron chi connectivity index (χ0n) is 14.8. The van der Waals surface area contributed by atoms with Gasteiger partial charge in [0, 0.05) is 35.2 Å². The van der Waals surface area contributed by atoms with Gasteiger partial charge < -0.3 is 14.5 Å². The molecule has 0 radical (unpaired) electrons. The summed E-state index contributed by atoms with van der Waals surface area (Å²) in [6.07, 6.45) is 2.67. The van der Waals surface area contributed by atoms with Crippen molar-refractivity contribution in [3.05, 3.63) is 59.1 Å². The molecule has 1 unspecified atom stereocenters. The molecule has 0 aliphatic carbocycles. The van der Waals surface area contributed by atoms with E-state index in [4.69, 9.17) is 11.6 Å². The van der Waals surface area contributed by atoms with Gasteiger partial charge in [-0.3, -0.25) is 4.79 Å². The van der Waals surface area contributed by atoms with Gasteiger partial charge in [-0.2, -0.15) is 0 Å². The number of carbonyl (C=O) groups is 1. The van der Waals surface area contributed by atoms with E-state index < -0.39 is 0 Å². The number of imidazole rings is 1. The Morgan fingerprint density at radius 3 is 3.07 bits per heavy atom. The van der Waals surface area contributed by atoms with Gasteiger partial charge in [0.05, 0.1) is 6.04 Å². The highest BCUT2D eigenvalue weighted by Crippen LogP contribution is 2.28. The summed E-state index contributed by atoms with van der Waals surface area (Å²) in [6, 6.07) is 11.5. The lowest BCUT2D eigenvalue weighted by Gasteiger charge is -2.17. The zero-order chi connectivity index (χ0) is 18.5. The minimum Gasteiger partial charge on any atom is -0.351 e. The van der Waals surface area contributed by atoms with Gasteiger partial charge in [0.15, 0.2) is 5.65 Å². The van der Waals surface area contributed by atoms with Crippen LogP contribution in [-0.4, -0.2) is 43.4 Å². The van der Waals surface area contributed by atoms with Crippen LogP contribution in [0, 0.1) is 6.92 Å². The number of carbonyl (C=O) groups excluding carboxylic acids is 1. The molecule has 1 atom stereocenters. The summed E-state index contributed by atoms with van der Waals surface area (Å²) in [4.78, 5) is 27.2. The number of hydrogen-bond acceptors (Lipinski definition) is 3. The third-order valence-electron chi connectivity index (χ3n) is 5.25. The molecule has 136 valence electrons. The minimum absolute atomic E-state index is 0.0138. The van der Waals surface area contributed by atoms with Crippen LogP contribution in [0.4, 0.5) is 0 Å². The lowest BCUT2D eigenvalue weighted by Crippen LogP contribution is -2.29. The fraction of sp³-hybridized carbons (Fsp3) is 0.250. The predicted octanol–water partition coefficient (Wildman–Crippen LogP) is 3.96. The molecule has 1 fully saturated rings. The summed E-state index contributed by atoms with van der Waals surface area (Å²) in [5.74, 6) is 0.947. The Morgan fingerprint density at radius 2 is 2.19 bits per heavy atom. The van der Waals surface area contributed by atoms with Crippen LogP contribution in [-0.2, 0) is 0 Å². The van der Waals surface area contributed by atoms with E-state index in [0.29, 0.717) is 23.8 Å². The maximum atomic E-state index is 13.0. The second kappa shape index (κ2) is 6.09. The molecule has 4 aromatic rings. The first-order chi connectivity index (χ1) is 13.1. The van der Waals surface area contributed by atoms with Crippen LogP contribution in [0.2, 0.25) is 5.02 Å². The summed E-state index contributed by atoms with van der Waals surface area (Å²) in [5, 5.41) is 1.61. The molecule has 0 bridgehead atoms. The number of fused-ring (bicyclic) bond motifs is 2. The number of likely N-dealkylation sites (tertiary alicyclic amines) is 1. The molecule has 1 aromatic carbocycles. The highest BCUT2D eigenvalue weighted by Gasteiger charge is 2.30. The summed E-state index contributed by atoms with van der Waals surface area (Å²) in [5.41, 5.74) is 3.29. The average Bonchev–Trinajstić information content (AvgIpc) is 3.36. The molecule has 27 heavy (non-hydrogen) atoms. The van der Waals surface area contributed by atoms with Crippen molar-refractivity contribution < 1.29 is 4.79 Å². The van der Waals surface area contributed by atoms with Gasteiger partial charge in [-0.15, -0.1) is 0 Å². The maximum Gasteiger partial charge on any atom is 0.270 e. The lowest BCUT2D eigenvalue weighted by atomic mass is 10.2. The molecular weight excluding hydrogens is 362 g/mol. The van der Waals surface area contributed by atoms with Gasteiger partial charge in [-0.1, -0.05) is 11.6 Å². The van der Waals surface area contributed by atoms with E-state index in [0.717, 1.165) is 34.3 Å². The first-order valence-electron chi connectivity index (χ1n) is 8.97. The number of pyridine rings is 1. The molecule has 0 spiro atoms. The van der Waals surface area contributed by atoms with Crippen LogP contribution in [0.5, 0.6) is 0 Å². The second-order valence-electron chi connectivity index (χ2n) is 6.98. The van der Waals surface area contributed by atoms with Gasteiger partial charge in [0.2, 0.25) is 0 Å². The zero-order valence-corrected chi connectivity index (χ0v) is 15.6. The average molecular weight is 380 g/mol. The highest BCUT2D eigenvalue weighted by atomic mass is 35.5. The van der Waals surface area contributed by atoms with E-state index >= 15 is 0 Å². The molecule has 1 aliphatic heterocycles. The smallest absolute Gasteiger partial charge is 0.270 e. The van der Waals surface area contributed by atoms with E-state index in [-0.39, 0.29) is 11.9 Å².